The summed E-state index contributed by atoms with van der Waals surface area (Å²) < 4.78 is 33.7. The molecule has 0 fully saturated rings. The van der Waals surface area contributed by atoms with Gasteiger partial charge in [-0.1, -0.05) is 0 Å². The van der Waals surface area contributed by atoms with Crippen molar-refractivity contribution in [2.45, 2.75) is 0 Å². The summed E-state index contributed by atoms with van der Waals surface area (Å²) in [7, 11) is 0. The summed E-state index contributed by atoms with van der Waals surface area (Å²) in [6, 6.07) is 3.83. The van der Waals surface area contributed by atoms with Crippen LogP contribution in [0.2, 0.25) is 0 Å². The molecule has 1 aromatic rings. The van der Waals surface area contributed by atoms with Gasteiger partial charge in [-0.3, -0.25) is 0 Å². The topological polar surface area (TPSA) is 113 Å². The summed E-state index contributed by atoms with van der Waals surface area (Å²) in [5, 5.41) is 8.51. The van der Waals surface area contributed by atoms with Crippen molar-refractivity contribution in [2.24, 2.45) is 0 Å². The fourth-order valence-corrected chi connectivity index (χ4v) is 2.21. The van der Waals surface area contributed by atoms with Gasteiger partial charge in [0, 0.05) is 0 Å². The molecule has 84 valence electrons. The van der Waals surface area contributed by atoms with Crippen LogP contribution in [0.25, 0.3) is 0 Å². The van der Waals surface area contributed by atoms with E-state index < -0.39 is 14.2 Å². The molecule has 0 atom stereocenters. The molecule has 8 heteroatoms. The van der Waals surface area contributed by atoms with Crippen molar-refractivity contribution in [1.29, 1.82) is 0 Å². The third kappa shape index (κ3) is 4.51. The molecule has 0 aliphatic carbocycles. The number of nitrogen functional groups attached to an aromatic ring is 1. The van der Waals surface area contributed by atoms with Crippen LogP contribution in [0.15, 0.2) is 18.2 Å². The molecule has 1 aromatic carbocycles. The van der Waals surface area contributed by atoms with E-state index in [2.05, 4.69) is 0 Å². The average Bonchev–Trinajstić information content (AvgIpc) is 2.14. The zero-order chi connectivity index (χ0) is 11.5. The number of nitrogens with two attached hydrogens (primary N) is 1. The summed E-state index contributed by atoms with van der Waals surface area (Å²) in [6.07, 6.45) is 0. The van der Waals surface area contributed by atoms with Crippen molar-refractivity contribution >= 4 is 24.2 Å². The molecule has 6 nitrogen and oxygen atoms in total. The van der Waals surface area contributed by atoms with Crippen LogP contribution in [0, 0.1) is 0 Å². The van der Waals surface area contributed by atoms with Crippen molar-refractivity contribution < 1.29 is 51.3 Å². The molecule has 0 radical (unpaired) electrons. The molecule has 0 aliphatic heterocycles. The Bertz CT molecular complexity index is 394. The van der Waals surface area contributed by atoms with Crippen LogP contribution < -0.4 is 44.4 Å². The zero-order valence-corrected chi connectivity index (χ0v) is 12.7. The molecule has 0 saturated carbocycles. The molecule has 0 unspecified atom stereocenters. The Morgan fingerprint density at radius 2 is 2.00 bits per heavy atom. The molecule has 0 spiro atoms. The van der Waals surface area contributed by atoms with Gasteiger partial charge in [0.15, 0.2) is 0 Å². The van der Waals surface area contributed by atoms with Crippen LogP contribution in [0.4, 0.5) is 5.69 Å². The molecule has 16 heavy (non-hydrogen) atoms. The van der Waals surface area contributed by atoms with E-state index in [1.54, 1.807) is 0 Å². The minimum atomic E-state index is -4.88. The third-order valence-electron chi connectivity index (χ3n) is 1.68. The van der Waals surface area contributed by atoms with Crippen LogP contribution in [0.3, 0.4) is 0 Å². The van der Waals surface area contributed by atoms with E-state index in [1.165, 1.54) is 18.2 Å². The van der Waals surface area contributed by atoms with Gasteiger partial charge in [-0.25, -0.2) is 0 Å². The van der Waals surface area contributed by atoms with Crippen LogP contribution in [-0.2, 0) is 3.74 Å². The van der Waals surface area contributed by atoms with E-state index in [-0.39, 0.29) is 52.8 Å². The summed E-state index contributed by atoms with van der Waals surface area (Å²) in [6.45, 7) is -0.0615. The largest absolute Gasteiger partial charge is 1.00 e. The number of benzene rings is 1. The van der Waals surface area contributed by atoms with Gasteiger partial charge in [0.25, 0.3) is 0 Å². The monoisotopic (exact) mass is 300 g/mol. The molecule has 0 bridgehead atoms. The minimum absolute atomic E-state index is 0. The summed E-state index contributed by atoms with van der Waals surface area (Å²) in [4.78, 5) is 0. The third-order valence-corrected chi connectivity index (χ3v) is 3.67. The number of aliphatic hydroxyl groups is 1. The van der Waals surface area contributed by atoms with Gasteiger partial charge in [0.2, 0.25) is 0 Å². The smallest absolute Gasteiger partial charge is 1.00 e. The molecular formula is C8H12AsNNaO5+. The Morgan fingerprint density at radius 1 is 1.38 bits per heavy atom. The van der Waals surface area contributed by atoms with E-state index in [4.69, 9.17) is 23.8 Å². The first-order valence-corrected chi connectivity index (χ1v) is 7.52. The number of anilines is 1. The van der Waals surface area contributed by atoms with Gasteiger partial charge in [0.05, 0.1) is 0 Å². The summed E-state index contributed by atoms with van der Waals surface area (Å²) in [5.41, 5.74) is 5.66. The summed E-state index contributed by atoms with van der Waals surface area (Å²) in [5.74, 6) is 0.303. The Morgan fingerprint density at radius 3 is 2.44 bits per heavy atom. The SMILES string of the molecule is Nc1cc([As](=O)(O)O)ccc1OCCO.[Na+]. The van der Waals surface area contributed by atoms with Crippen molar-refractivity contribution in [3.8, 4) is 5.75 Å². The van der Waals surface area contributed by atoms with Crippen molar-refractivity contribution in [3.05, 3.63) is 18.2 Å². The maximum absolute atomic E-state index is 10.9. The van der Waals surface area contributed by atoms with E-state index in [1.807, 2.05) is 0 Å². The number of hydrogen-bond acceptors (Lipinski definition) is 4. The molecule has 0 amide bonds. The first-order chi connectivity index (χ1) is 6.95. The second-order valence-electron chi connectivity index (χ2n) is 2.84. The fourth-order valence-electron chi connectivity index (χ4n) is 1.00. The summed E-state index contributed by atoms with van der Waals surface area (Å²) >= 11 is -4.88. The Kier molecular flexibility index (Phi) is 6.74. The van der Waals surface area contributed by atoms with E-state index in [0.29, 0.717) is 5.75 Å². The Hall–Kier alpha value is 0.0584. The molecule has 0 aromatic heterocycles. The molecule has 0 aliphatic rings. The van der Waals surface area contributed by atoms with Crippen LogP contribution in [0.1, 0.15) is 0 Å². The predicted octanol–water partition coefficient (Wildman–Crippen LogP) is -4.80. The first-order valence-electron chi connectivity index (χ1n) is 4.14. The molecular weight excluding hydrogens is 288 g/mol. The first kappa shape index (κ1) is 16.1. The second-order valence-corrected chi connectivity index (χ2v) is 6.20. The Balaban J connectivity index is 0.00000225. The zero-order valence-electron chi connectivity index (χ0n) is 8.83. The van der Waals surface area contributed by atoms with Crippen LogP contribution in [0.5, 0.6) is 5.75 Å². The fraction of sp³-hybridized carbons (Fsp3) is 0.250. The van der Waals surface area contributed by atoms with Crippen LogP contribution >= 0.6 is 0 Å². The molecule has 0 heterocycles. The van der Waals surface area contributed by atoms with Gasteiger partial charge in [-0.2, -0.15) is 0 Å². The quantitative estimate of drug-likeness (QED) is 0.328. The number of aliphatic hydroxyl groups excluding tert-OH is 1. The molecule has 1 rings (SSSR count). The number of ether oxygens (including phenoxy) is 1. The second kappa shape index (κ2) is 6.71. The van der Waals surface area contributed by atoms with Crippen molar-refractivity contribution in [3.63, 3.8) is 0 Å². The number of hydrogen-bond donors (Lipinski definition) is 4. The van der Waals surface area contributed by atoms with E-state index >= 15 is 0 Å². The van der Waals surface area contributed by atoms with Gasteiger partial charge in [-0.15, -0.1) is 0 Å². The normalized spacial score (nSPS) is 10.7. The Labute approximate surface area is 118 Å². The van der Waals surface area contributed by atoms with Gasteiger partial charge < -0.3 is 0 Å². The number of rotatable bonds is 4. The maximum Gasteiger partial charge on any atom is 1.00 e. The standard InChI is InChI=1S/C8H12AsNO5.Na/c10-7-5-6(9(12,13)14)1-2-8(7)15-4-3-11;/h1-2,5,11H,3-4,10H2,(H2,12,13,14);/q;+1. The van der Waals surface area contributed by atoms with E-state index in [9.17, 15) is 3.74 Å². The average molecular weight is 300 g/mol. The maximum atomic E-state index is 10.9. The van der Waals surface area contributed by atoms with E-state index in [0.717, 1.165) is 0 Å². The van der Waals surface area contributed by atoms with Crippen molar-refractivity contribution in [1.82, 2.24) is 0 Å². The van der Waals surface area contributed by atoms with Crippen LogP contribution in [-0.4, -0.2) is 40.7 Å². The molecule has 5 N–H and O–H groups in total. The van der Waals surface area contributed by atoms with Crippen molar-refractivity contribution in [2.75, 3.05) is 18.9 Å². The van der Waals surface area contributed by atoms with Gasteiger partial charge in [-0.05, 0) is 0 Å². The predicted molar refractivity (Wildman–Crippen MR) is 53.9 cm³/mol. The molecule has 0 saturated heterocycles. The van der Waals surface area contributed by atoms with Gasteiger partial charge in [0.1, 0.15) is 0 Å². The minimum Gasteiger partial charge on any atom is 1.00 e. The van der Waals surface area contributed by atoms with Gasteiger partial charge >= 0.3 is 118 Å².